The highest BCUT2D eigenvalue weighted by Crippen LogP contribution is 2.37. The summed E-state index contributed by atoms with van der Waals surface area (Å²) in [6.07, 6.45) is 6.32. The molecule has 1 saturated carbocycles. The lowest BCUT2D eigenvalue weighted by Gasteiger charge is -2.27. The van der Waals surface area contributed by atoms with Crippen LogP contribution in [0.15, 0.2) is 54.6 Å². The Morgan fingerprint density at radius 1 is 0.909 bits per heavy atom. The molecule has 7 nitrogen and oxygen atoms in total. The predicted octanol–water partition coefficient (Wildman–Crippen LogP) is 4.09. The van der Waals surface area contributed by atoms with E-state index in [4.69, 9.17) is 4.74 Å². The van der Waals surface area contributed by atoms with Gasteiger partial charge in [0.25, 0.3) is 5.91 Å². The van der Waals surface area contributed by atoms with Crippen molar-refractivity contribution in [2.45, 2.75) is 44.6 Å². The fourth-order valence-corrected chi connectivity index (χ4v) is 4.98. The molecular formula is C26H30N2O5. The molecule has 0 spiro atoms. The number of carbonyl (C=O) groups is 3. The van der Waals surface area contributed by atoms with Crippen LogP contribution in [-0.4, -0.2) is 46.9 Å². The van der Waals surface area contributed by atoms with Crippen LogP contribution in [0.3, 0.4) is 0 Å². The molecule has 174 valence electrons. The van der Waals surface area contributed by atoms with Gasteiger partial charge in [0.05, 0.1) is 6.54 Å². The molecule has 1 saturated heterocycles. The molecular weight excluding hydrogens is 420 g/mol. The second kappa shape index (κ2) is 10.5. The van der Waals surface area contributed by atoms with Crippen LogP contribution in [0.25, 0.3) is 0 Å². The number of aliphatic carboxylic acids is 1. The number of nitrogens with zero attached hydrogens (tertiary/aromatic N) is 1. The number of carboxylic acids is 1. The number of hydrogen-bond donors (Lipinski definition) is 2. The molecule has 0 aromatic heterocycles. The van der Waals surface area contributed by atoms with Crippen molar-refractivity contribution >= 4 is 17.8 Å². The van der Waals surface area contributed by atoms with E-state index in [1.165, 1.54) is 24.2 Å². The van der Waals surface area contributed by atoms with Crippen LogP contribution in [0.5, 0.6) is 11.5 Å². The topological polar surface area (TPSA) is 95.9 Å². The Bertz CT molecular complexity index is 970. The highest BCUT2D eigenvalue weighted by atomic mass is 16.5. The van der Waals surface area contributed by atoms with Crippen molar-refractivity contribution in [2.75, 3.05) is 13.1 Å². The van der Waals surface area contributed by atoms with Crippen LogP contribution in [0.1, 0.15) is 48.9 Å². The van der Waals surface area contributed by atoms with Crippen molar-refractivity contribution in [1.29, 1.82) is 0 Å². The van der Waals surface area contributed by atoms with Crippen LogP contribution in [0, 0.1) is 11.8 Å². The Hall–Kier alpha value is -3.35. The number of ether oxygens (including phenoxy) is 1. The molecule has 2 amide bonds. The Balaban J connectivity index is 1.31. The molecule has 33 heavy (non-hydrogen) atoms. The zero-order valence-corrected chi connectivity index (χ0v) is 18.6. The molecule has 2 aliphatic rings. The van der Waals surface area contributed by atoms with Crippen molar-refractivity contribution in [1.82, 2.24) is 10.2 Å². The molecule has 2 N–H and O–H groups in total. The highest BCUT2D eigenvalue weighted by molar-refractivity contribution is 5.97. The van der Waals surface area contributed by atoms with Crippen molar-refractivity contribution in [2.24, 2.45) is 11.8 Å². The molecule has 1 aliphatic heterocycles. The number of hydrogen-bond acceptors (Lipinski definition) is 4. The SMILES string of the molecule is O=C(NCC(=O)N1C[C@@H](C2CCCCC2)C[C@H]1C(=O)O)c1ccc(Oc2ccccc2)cc1. The number of carbonyl (C=O) groups excluding carboxylic acids is 2. The first kappa shape index (κ1) is 22.8. The minimum absolute atomic E-state index is 0.220. The smallest absolute Gasteiger partial charge is 0.326 e. The highest BCUT2D eigenvalue weighted by Gasteiger charge is 2.42. The van der Waals surface area contributed by atoms with Crippen molar-refractivity contribution in [3.8, 4) is 11.5 Å². The Morgan fingerprint density at radius 3 is 2.24 bits per heavy atom. The van der Waals surface area contributed by atoms with Gasteiger partial charge in [-0.3, -0.25) is 9.59 Å². The lowest BCUT2D eigenvalue weighted by atomic mass is 9.79. The normalized spacial score (nSPS) is 20.9. The van der Waals surface area contributed by atoms with E-state index in [1.54, 1.807) is 24.3 Å². The maximum atomic E-state index is 12.8. The number of para-hydroxylation sites is 1. The summed E-state index contributed by atoms with van der Waals surface area (Å²) in [5.41, 5.74) is 0.402. The average molecular weight is 451 g/mol. The van der Waals surface area contributed by atoms with E-state index in [2.05, 4.69) is 5.32 Å². The van der Waals surface area contributed by atoms with Crippen molar-refractivity contribution < 1.29 is 24.2 Å². The van der Waals surface area contributed by atoms with Gasteiger partial charge in [-0.1, -0.05) is 50.3 Å². The van der Waals surface area contributed by atoms with Gasteiger partial charge in [-0.05, 0) is 54.7 Å². The van der Waals surface area contributed by atoms with E-state index in [-0.39, 0.29) is 24.3 Å². The summed E-state index contributed by atoms with van der Waals surface area (Å²) in [6.45, 7) is 0.240. The number of nitrogens with one attached hydrogen (secondary N) is 1. The third-order valence-electron chi connectivity index (χ3n) is 6.75. The standard InChI is InChI=1S/C26H30N2O5/c29-24(28-17-20(15-23(28)26(31)32)18-7-3-1-4-8-18)16-27-25(30)19-11-13-22(14-12-19)33-21-9-5-2-6-10-21/h2,5-6,9-14,18,20,23H,1,3-4,7-8,15-17H2,(H,27,30)(H,31,32)/t20-,23-/m0/s1. The summed E-state index contributed by atoms with van der Waals surface area (Å²) in [4.78, 5) is 38.5. The van der Waals surface area contributed by atoms with Crippen molar-refractivity contribution in [3.63, 3.8) is 0 Å². The number of amides is 2. The van der Waals surface area contributed by atoms with Crippen LogP contribution < -0.4 is 10.1 Å². The van der Waals surface area contributed by atoms with Crippen LogP contribution in [0.2, 0.25) is 0 Å². The molecule has 0 unspecified atom stereocenters. The van der Waals surface area contributed by atoms with Gasteiger partial charge in [0.15, 0.2) is 0 Å². The predicted molar refractivity (Wildman–Crippen MR) is 123 cm³/mol. The first-order valence-electron chi connectivity index (χ1n) is 11.6. The molecule has 1 aliphatic carbocycles. The third-order valence-corrected chi connectivity index (χ3v) is 6.75. The quantitative estimate of drug-likeness (QED) is 0.662. The van der Waals surface area contributed by atoms with Crippen molar-refractivity contribution in [3.05, 3.63) is 60.2 Å². The molecule has 2 atom stereocenters. The minimum Gasteiger partial charge on any atom is -0.480 e. The van der Waals surface area contributed by atoms with Gasteiger partial charge in [-0.15, -0.1) is 0 Å². The van der Waals surface area contributed by atoms with E-state index in [1.807, 2.05) is 30.3 Å². The number of carboxylic acid groups (broad SMARTS) is 1. The average Bonchev–Trinajstić information content (AvgIpc) is 3.30. The van der Waals surface area contributed by atoms with E-state index in [0.717, 1.165) is 12.8 Å². The van der Waals surface area contributed by atoms with Gasteiger partial charge in [0.2, 0.25) is 5.91 Å². The Labute approximate surface area is 193 Å². The maximum absolute atomic E-state index is 12.8. The maximum Gasteiger partial charge on any atom is 0.326 e. The molecule has 2 aromatic carbocycles. The van der Waals surface area contributed by atoms with Crippen LogP contribution >= 0.6 is 0 Å². The van der Waals surface area contributed by atoms with Gasteiger partial charge in [-0.25, -0.2) is 4.79 Å². The van der Waals surface area contributed by atoms with Gasteiger partial charge in [0.1, 0.15) is 17.5 Å². The number of likely N-dealkylation sites (tertiary alicyclic amines) is 1. The van der Waals surface area contributed by atoms with E-state index in [9.17, 15) is 19.5 Å². The monoisotopic (exact) mass is 450 g/mol. The fraction of sp³-hybridized carbons (Fsp3) is 0.423. The molecule has 7 heteroatoms. The molecule has 2 aromatic rings. The molecule has 0 radical (unpaired) electrons. The third kappa shape index (κ3) is 5.72. The van der Waals surface area contributed by atoms with Gasteiger partial charge >= 0.3 is 5.97 Å². The van der Waals surface area contributed by atoms with Gasteiger partial charge < -0.3 is 20.1 Å². The number of rotatable bonds is 7. The Kier molecular flexibility index (Phi) is 7.27. The molecule has 0 bridgehead atoms. The first-order valence-corrected chi connectivity index (χ1v) is 11.6. The second-order valence-corrected chi connectivity index (χ2v) is 8.92. The Morgan fingerprint density at radius 2 is 1.58 bits per heavy atom. The van der Waals surface area contributed by atoms with Crippen LogP contribution in [0.4, 0.5) is 0 Å². The lowest BCUT2D eigenvalue weighted by molar-refractivity contribution is -0.147. The largest absolute Gasteiger partial charge is 0.480 e. The summed E-state index contributed by atoms with van der Waals surface area (Å²) in [7, 11) is 0. The fourth-order valence-electron chi connectivity index (χ4n) is 4.98. The summed E-state index contributed by atoms with van der Waals surface area (Å²) >= 11 is 0. The second-order valence-electron chi connectivity index (χ2n) is 8.92. The summed E-state index contributed by atoms with van der Waals surface area (Å²) in [5.74, 6) is 0.312. The molecule has 1 heterocycles. The zero-order chi connectivity index (χ0) is 23.2. The zero-order valence-electron chi connectivity index (χ0n) is 18.6. The summed E-state index contributed by atoms with van der Waals surface area (Å²) in [6, 6.07) is 15.2. The number of benzene rings is 2. The van der Waals surface area contributed by atoms with E-state index >= 15 is 0 Å². The van der Waals surface area contributed by atoms with Gasteiger partial charge in [0, 0.05) is 12.1 Å². The molecule has 4 rings (SSSR count). The van der Waals surface area contributed by atoms with E-state index in [0.29, 0.717) is 35.9 Å². The first-order chi connectivity index (χ1) is 16.0. The molecule has 2 fully saturated rings. The van der Waals surface area contributed by atoms with E-state index < -0.39 is 12.0 Å². The lowest BCUT2D eigenvalue weighted by Crippen LogP contribution is -2.45. The van der Waals surface area contributed by atoms with Gasteiger partial charge in [-0.2, -0.15) is 0 Å². The summed E-state index contributed by atoms with van der Waals surface area (Å²) < 4.78 is 5.72. The minimum atomic E-state index is -0.970. The van der Waals surface area contributed by atoms with Crippen LogP contribution in [-0.2, 0) is 9.59 Å². The summed E-state index contributed by atoms with van der Waals surface area (Å²) in [5, 5.41) is 12.3.